The van der Waals surface area contributed by atoms with Gasteiger partial charge in [0, 0.05) is 18.9 Å². The standard InChI is InChI=1S/C13H19N3O4S.C2H6/c17-3-1-5-21-8-10-11-12(15-13(18)14-10)16-2-4-19-6-9(16)7-20-11;1-2/h9,17H,1-8H2,(H,14,15,18);1-2H3. The van der Waals surface area contributed by atoms with Crippen molar-refractivity contribution in [1.29, 1.82) is 0 Å². The van der Waals surface area contributed by atoms with E-state index in [-0.39, 0.29) is 18.3 Å². The lowest BCUT2D eigenvalue weighted by atomic mass is 10.2. The highest BCUT2D eigenvalue weighted by Gasteiger charge is 2.33. The SMILES string of the molecule is CC.O=c1nc2c(c(CSCCCO)[nH]1)OCC1COCCN21. The number of ether oxygens (including phenoxy) is 2. The maximum atomic E-state index is 11.8. The van der Waals surface area contributed by atoms with Crippen LogP contribution in [0.15, 0.2) is 4.79 Å². The molecule has 8 heteroatoms. The second kappa shape index (κ2) is 9.14. The Hall–Kier alpha value is -1.25. The number of fused-ring (bicyclic) bond motifs is 3. The number of aromatic amines is 1. The minimum absolute atomic E-state index is 0.135. The topological polar surface area (TPSA) is 87.7 Å². The number of morpholine rings is 1. The third-order valence-corrected chi connectivity index (χ3v) is 4.63. The van der Waals surface area contributed by atoms with Crippen LogP contribution in [0.4, 0.5) is 5.82 Å². The van der Waals surface area contributed by atoms with E-state index in [9.17, 15) is 4.79 Å². The molecule has 1 unspecified atom stereocenters. The minimum atomic E-state index is -0.345. The molecule has 0 amide bonds. The van der Waals surface area contributed by atoms with Gasteiger partial charge in [0.05, 0.1) is 24.9 Å². The molecule has 1 atom stereocenters. The largest absolute Gasteiger partial charge is 0.486 e. The fourth-order valence-electron chi connectivity index (χ4n) is 2.54. The predicted octanol–water partition coefficient (Wildman–Crippen LogP) is 1.01. The first kappa shape index (κ1) is 18.1. The van der Waals surface area contributed by atoms with Crippen LogP contribution in [0.3, 0.4) is 0 Å². The molecule has 1 saturated heterocycles. The van der Waals surface area contributed by atoms with Crippen molar-refractivity contribution in [3.63, 3.8) is 0 Å². The molecule has 0 bridgehead atoms. The van der Waals surface area contributed by atoms with Gasteiger partial charge in [-0.05, 0) is 12.2 Å². The molecule has 7 nitrogen and oxygen atoms in total. The van der Waals surface area contributed by atoms with E-state index in [0.29, 0.717) is 37.1 Å². The maximum Gasteiger partial charge on any atom is 0.347 e. The van der Waals surface area contributed by atoms with Gasteiger partial charge in [0.15, 0.2) is 11.6 Å². The molecule has 0 saturated carbocycles. The van der Waals surface area contributed by atoms with E-state index in [4.69, 9.17) is 14.6 Å². The summed E-state index contributed by atoms with van der Waals surface area (Å²) in [4.78, 5) is 20.8. The summed E-state index contributed by atoms with van der Waals surface area (Å²) in [6.07, 6.45) is 0.745. The third kappa shape index (κ3) is 4.39. The molecule has 1 aromatic rings. The molecule has 3 rings (SSSR count). The van der Waals surface area contributed by atoms with E-state index >= 15 is 0 Å². The van der Waals surface area contributed by atoms with Crippen LogP contribution in [-0.2, 0) is 10.5 Å². The fourth-order valence-corrected chi connectivity index (χ4v) is 3.42. The number of thioether (sulfide) groups is 1. The average Bonchev–Trinajstić information content (AvgIpc) is 2.60. The lowest BCUT2D eigenvalue weighted by molar-refractivity contribution is 0.0692. The Balaban J connectivity index is 0.000000924. The van der Waals surface area contributed by atoms with Crippen LogP contribution in [0.25, 0.3) is 0 Å². The Labute approximate surface area is 140 Å². The van der Waals surface area contributed by atoms with Gasteiger partial charge in [-0.3, -0.25) is 0 Å². The third-order valence-electron chi connectivity index (χ3n) is 3.56. The first-order valence-electron chi connectivity index (χ1n) is 8.08. The Morgan fingerprint density at radius 2 is 2.26 bits per heavy atom. The normalized spacial score (nSPS) is 19.1. The molecule has 1 aromatic heterocycles. The van der Waals surface area contributed by atoms with Gasteiger partial charge in [0.25, 0.3) is 0 Å². The molecular formula is C15H25N3O4S. The summed E-state index contributed by atoms with van der Waals surface area (Å²) in [5.74, 6) is 2.81. The number of aliphatic hydroxyl groups is 1. The molecule has 0 aromatic carbocycles. The zero-order valence-electron chi connectivity index (χ0n) is 13.7. The van der Waals surface area contributed by atoms with Gasteiger partial charge in [0.2, 0.25) is 0 Å². The van der Waals surface area contributed by atoms with Crippen LogP contribution in [0.1, 0.15) is 26.0 Å². The van der Waals surface area contributed by atoms with Crippen molar-refractivity contribution in [2.75, 3.05) is 43.6 Å². The quantitative estimate of drug-likeness (QED) is 0.772. The fraction of sp³-hybridized carbons (Fsp3) is 0.733. The van der Waals surface area contributed by atoms with E-state index in [2.05, 4.69) is 14.9 Å². The Morgan fingerprint density at radius 3 is 3.04 bits per heavy atom. The van der Waals surface area contributed by atoms with Crippen molar-refractivity contribution in [2.24, 2.45) is 0 Å². The van der Waals surface area contributed by atoms with Crippen molar-refractivity contribution in [3.05, 3.63) is 16.2 Å². The summed E-state index contributed by atoms with van der Waals surface area (Å²) in [5.41, 5.74) is 0.431. The number of aromatic nitrogens is 2. The van der Waals surface area contributed by atoms with Gasteiger partial charge < -0.3 is 24.5 Å². The van der Waals surface area contributed by atoms with E-state index in [1.165, 1.54) is 0 Å². The molecule has 0 spiro atoms. The molecule has 130 valence electrons. The Kier molecular flexibility index (Phi) is 7.19. The number of rotatable bonds is 5. The summed E-state index contributed by atoms with van der Waals surface area (Å²) in [7, 11) is 0. The van der Waals surface area contributed by atoms with Crippen molar-refractivity contribution < 1.29 is 14.6 Å². The summed E-state index contributed by atoms with van der Waals surface area (Å²) in [5, 5.41) is 8.80. The smallest absolute Gasteiger partial charge is 0.347 e. The Bertz CT molecular complexity index is 552. The van der Waals surface area contributed by atoms with E-state index in [1.807, 2.05) is 13.8 Å². The highest BCUT2D eigenvalue weighted by atomic mass is 32.2. The van der Waals surface area contributed by atoms with Gasteiger partial charge >= 0.3 is 5.69 Å². The molecule has 2 aliphatic rings. The number of hydrogen-bond donors (Lipinski definition) is 2. The highest BCUT2D eigenvalue weighted by Crippen LogP contribution is 2.35. The lowest BCUT2D eigenvalue weighted by Crippen LogP contribution is -2.52. The lowest BCUT2D eigenvalue weighted by Gasteiger charge is -2.40. The van der Waals surface area contributed by atoms with Crippen molar-refractivity contribution >= 4 is 17.6 Å². The number of nitrogens with one attached hydrogen (secondary N) is 1. The second-order valence-electron chi connectivity index (χ2n) is 5.04. The van der Waals surface area contributed by atoms with E-state index in [1.54, 1.807) is 11.8 Å². The molecule has 1 fully saturated rings. The zero-order valence-corrected chi connectivity index (χ0v) is 14.5. The molecule has 2 aliphatic heterocycles. The van der Waals surface area contributed by atoms with E-state index in [0.717, 1.165) is 24.4 Å². The molecule has 3 heterocycles. The number of nitrogens with zero attached hydrogens (tertiary/aromatic N) is 2. The van der Waals surface area contributed by atoms with E-state index < -0.39 is 0 Å². The second-order valence-corrected chi connectivity index (χ2v) is 6.14. The molecule has 2 N–H and O–H groups in total. The number of hydrogen-bond acceptors (Lipinski definition) is 7. The first-order valence-corrected chi connectivity index (χ1v) is 9.24. The van der Waals surface area contributed by atoms with Gasteiger partial charge in [0.1, 0.15) is 6.61 Å². The van der Waals surface area contributed by atoms with Crippen LogP contribution in [0.5, 0.6) is 5.75 Å². The Morgan fingerprint density at radius 1 is 1.43 bits per heavy atom. The van der Waals surface area contributed by atoms with Crippen molar-refractivity contribution in [3.8, 4) is 5.75 Å². The molecule has 0 radical (unpaired) electrons. The van der Waals surface area contributed by atoms with Gasteiger partial charge in [-0.1, -0.05) is 13.8 Å². The van der Waals surface area contributed by atoms with Crippen molar-refractivity contribution in [2.45, 2.75) is 32.1 Å². The van der Waals surface area contributed by atoms with Crippen LogP contribution in [0, 0.1) is 0 Å². The zero-order chi connectivity index (χ0) is 16.7. The summed E-state index contributed by atoms with van der Waals surface area (Å²) < 4.78 is 11.3. The molecule has 23 heavy (non-hydrogen) atoms. The van der Waals surface area contributed by atoms with Crippen molar-refractivity contribution in [1.82, 2.24) is 9.97 Å². The average molecular weight is 343 g/mol. The summed E-state index contributed by atoms with van der Waals surface area (Å²) in [6.45, 7) is 6.72. The van der Waals surface area contributed by atoms with Crippen LogP contribution in [0.2, 0.25) is 0 Å². The first-order chi connectivity index (χ1) is 11.3. The number of anilines is 1. The highest BCUT2D eigenvalue weighted by molar-refractivity contribution is 7.98. The number of H-pyrrole nitrogens is 1. The minimum Gasteiger partial charge on any atom is -0.486 e. The van der Waals surface area contributed by atoms with Crippen LogP contribution >= 0.6 is 11.8 Å². The molecular weight excluding hydrogens is 318 g/mol. The molecule has 0 aliphatic carbocycles. The van der Waals surface area contributed by atoms with Gasteiger partial charge in [-0.2, -0.15) is 16.7 Å². The number of aliphatic hydroxyl groups excluding tert-OH is 1. The summed E-state index contributed by atoms with van der Waals surface area (Å²) in [6, 6.07) is 0.135. The van der Waals surface area contributed by atoms with Gasteiger partial charge in [-0.25, -0.2) is 4.79 Å². The van der Waals surface area contributed by atoms with Gasteiger partial charge in [-0.15, -0.1) is 0 Å². The monoisotopic (exact) mass is 343 g/mol. The predicted molar refractivity (Wildman–Crippen MR) is 91.5 cm³/mol. The van der Waals surface area contributed by atoms with Crippen LogP contribution < -0.4 is 15.3 Å². The maximum absolute atomic E-state index is 11.8. The van der Waals surface area contributed by atoms with Crippen LogP contribution in [-0.4, -0.2) is 59.8 Å². The summed E-state index contributed by atoms with van der Waals surface area (Å²) >= 11 is 1.66.